The van der Waals surface area contributed by atoms with Crippen molar-refractivity contribution in [1.82, 2.24) is 5.32 Å². The molecule has 1 aromatic heterocycles. The van der Waals surface area contributed by atoms with Crippen molar-refractivity contribution >= 4 is 17.5 Å². The summed E-state index contributed by atoms with van der Waals surface area (Å²) in [6.45, 7) is 0.524. The SMILES string of the molecule is O=C(NCCC(c1ccccc1)c1ccccc1)c1cccc(NC(=O)c2ccco2)c1. The maximum Gasteiger partial charge on any atom is 0.291 e. The molecular formula is C27H24N2O3. The highest BCUT2D eigenvalue weighted by atomic mass is 16.3. The topological polar surface area (TPSA) is 71.3 Å². The van der Waals surface area contributed by atoms with E-state index in [1.54, 1.807) is 36.4 Å². The van der Waals surface area contributed by atoms with Crippen molar-refractivity contribution in [3.63, 3.8) is 0 Å². The second-order valence-corrected chi connectivity index (χ2v) is 7.43. The Morgan fingerprint density at radius 3 is 2.06 bits per heavy atom. The van der Waals surface area contributed by atoms with E-state index in [2.05, 4.69) is 34.9 Å². The number of nitrogens with one attached hydrogen (secondary N) is 2. The lowest BCUT2D eigenvalue weighted by Crippen LogP contribution is -2.26. The molecule has 1 heterocycles. The van der Waals surface area contributed by atoms with Crippen LogP contribution in [0.2, 0.25) is 0 Å². The molecular weight excluding hydrogens is 400 g/mol. The Bertz CT molecular complexity index is 1120. The molecule has 3 aromatic carbocycles. The molecule has 0 fully saturated rings. The van der Waals surface area contributed by atoms with Gasteiger partial charge in [0.1, 0.15) is 0 Å². The Morgan fingerprint density at radius 1 is 0.750 bits per heavy atom. The maximum atomic E-state index is 12.7. The van der Waals surface area contributed by atoms with Gasteiger partial charge in [0.2, 0.25) is 0 Å². The van der Waals surface area contributed by atoms with Gasteiger partial charge in [0.05, 0.1) is 6.26 Å². The first kappa shape index (κ1) is 21.1. The quantitative estimate of drug-likeness (QED) is 0.393. The Morgan fingerprint density at radius 2 is 1.44 bits per heavy atom. The molecule has 0 atom stereocenters. The number of benzene rings is 3. The molecule has 0 spiro atoms. The average molecular weight is 425 g/mol. The molecule has 2 amide bonds. The van der Waals surface area contributed by atoms with Gasteiger partial charge in [0, 0.05) is 23.7 Å². The number of hydrogen-bond acceptors (Lipinski definition) is 3. The van der Waals surface area contributed by atoms with Crippen LogP contribution < -0.4 is 10.6 Å². The van der Waals surface area contributed by atoms with Crippen molar-refractivity contribution in [2.45, 2.75) is 12.3 Å². The molecule has 5 nitrogen and oxygen atoms in total. The van der Waals surface area contributed by atoms with E-state index >= 15 is 0 Å². The van der Waals surface area contributed by atoms with E-state index in [1.165, 1.54) is 17.4 Å². The highest BCUT2D eigenvalue weighted by Gasteiger charge is 2.15. The summed E-state index contributed by atoms with van der Waals surface area (Å²) in [4.78, 5) is 24.9. The predicted octanol–water partition coefficient (Wildman–Crippen LogP) is 5.48. The predicted molar refractivity (Wildman–Crippen MR) is 125 cm³/mol. The first-order chi connectivity index (χ1) is 15.7. The van der Waals surface area contributed by atoms with E-state index < -0.39 is 0 Å². The first-order valence-corrected chi connectivity index (χ1v) is 10.5. The normalized spacial score (nSPS) is 10.7. The lowest BCUT2D eigenvalue weighted by atomic mass is 9.88. The highest BCUT2D eigenvalue weighted by Crippen LogP contribution is 2.27. The zero-order valence-corrected chi connectivity index (χ0v) is 17.5. The van der Waals surface area contributed by atoms with Crippen molar-refractivity contribution in [3.8, 4) is 0 Å². The summed E-state index contributed by atoms with van der Waals surface area (Å²) in [6, 6.07) is 30.7. The third kappa shape index (κ3) is 5.32. The number of rotatable bonds is 8. The smallest absolute Gasteiger partial charge is 0.291 e. The van der Waals surface area contributed by atoms with Crippen molar-refractivity contribution in [1.29, 1.82) is 0 Å². The molecule has 4 aromatic rings. The van der Waals surface area contributed by atoms with Crippen LogP contribution in [0.25, 0.3) is 0 Å². The average Bonchev–Trinajstić information content (AvgIpc) is 3.38. The molecule has 5 heteroatoms. The number of amides is 2. The van der Waals surface area contributed by atoms with E-state index in [0.717, 1.165) is 6.42 Å². The first-order valence-electron chi connectivity index (χ1n) is 10.5. The van der Waals surface area contributed by atoms with Crippen LogP contribution >= 0.6 is 0 Å². The Balaban J connectivity index is 1.39. The highest BCUT2D eigenvalue weighted by molar-refractivity contribution is 6.03. The minimum absolute atomic E-state index is 0.182. The van der Waals surface area contributed by atoms with Gasteiger partial charge in [-0.25, -0.2) is 0 Å². The summed E-state index contributed by atoms with van der Waals surface area (Å²) in [6.07, 6.45) is 2.21. The lowest BCUT2D eigenvalue weighted by Gasteiger charge is -2.18. The van der Waals surface area contributed by atoms with Gasteiger partial charge in [-0.2, -0.15) is 0 Å². The van der Waals surface area contributed by atoms with E-state index in [-0.39, 0.29) is 23.5 Å². The largest absolute Gasteiger partial charge is 0.459 e. The minimum Gasteiger partial charge on any atom is -0.459 e. The second-order valence-electron chi connectivity index (χ2n) is 7.43. The molecule has 4 rings (SSSR count). The molecule has 0 radical (unpaired) electrons. The van der Waals surface area contributed by atoms with Crippen LogP contribution in [0.15, 0.2) is 108 Å². The van der Waals surface area contributed by atoms with Gasteiger partial charge in [-0.15, -0.1) is 0 Å². The number of carbonyl (C=O) groups excluding carboxylic acids is 2. The summed E-state index contributed by atoms with van der Waals surface area (Å²) in [5.74, 6) is -0.135. The molecule has 0 aliphatic rings. The maximum absolute atomic E-state index is 12.7. The zero-order valence-electron chi connectivity index (χ0n) is 17.5. The van der Waals surface area contributed by atoms with E-state index in [1.807, 2.05) is 36.4 Å². The molecule has 32 heavy (non-hydrogen) atoms. The van der Waals surface area contributed by atoms with Gasteiger partial charge < -0.3 is 15.1 Å². The molecule has 0 saturated carbocycles. The standard InChI is InChI=1S/C27H24N2O3/c30-26(22-13-7-14-23(19-22)29-27(31)25-15-8-18-32-25)28-17-16-24(20-9-3-1-4-10-20)21-11-5-2-6-12-21/h1-15,18-19,24H,16-17H2,(H,28,30)(H,29,31). The fraction of sp³-hybridized carbons (Fsp3) is 0.111. The summed E-state index contributed by atoms with van der Waals surface area (Å²) in [5.41, 5.74) is 3.45. The summed E-state index contributed by atoms with van der Waals surface area (Å²) in [5, 5.41) is 5.75. The third-order valence-electron chi connectivity index (χ3n) is 5.25. The molecule has 0 aliphatic carbocycles. The van der Waals surface area contributed by atoms with Crippen LogP contribution in [0.4, 0.5) is 5.69 Å². The van der Waals surface area contributed by atoms with Gasteiger partial charge >= 0.3 is 0 Å². The van der Waals surface area contributed by atoms with Gasteiger partial charge in [-0.05, 0) is 47.9 Å². The number of anilines is 1. The molecule has 0 bridgehead atoms. The van der Waals surface area contributed by atoms with Crippen LogP contribution in [0, 0.1) is 0 Å². The molecule has 160 valence electrons. The molecule has 0 unspecified atom stereocenters. The number of carbonyl (C=O) groups is 2. The number of hydrogen-bond donors (Lipinski definition) is 2. The van der Waals surface area contributed by atoms with E-state index in [4.69, 9.17) is 4.42 Å². The van der Waals surface area contributed by atoms with Gasteiger partial charge in [0.15, 0.2) is 5.76 Å². The minimum atomic E-state index is -0.360. The zero-order chi connectivity index (χ0) is 22.2. The monoisotopic (exact) mass is 424 g/mol. The van der Waals surface area contributed by atoms with Crippen LogP contribution in [-0.2, 0) is 0 Å². The van der Waals surface area contributed by atoms with Crippen molar-refractivity contribution in [2.75, 3.05) is 11.9 Å². The van der Waals surface area contributed by atoms with E-state index in [0.29, 0.717) is 17.8 Å². The Kier molecular flexibility index (Phi) is 6.78. The van der Waals surface area contributed by atoms with Gasteiger partial charge in [-0.3, -0.25) is 9.59 Å². The van der Waals surface area contributed by atoms with Crippen LogP contribution in [0.5, 0.6) is 0 Å². The summed E-state index contributed by atoms with van der Waals surface area (Å²) in [7, 11) is 0. The van der Waals surface area contributed by atoms with Crippen molar-refractivity contribution in [3.05, 3.63) is 126 Å². The molecule has 2 N–H and O–H groups in total. The fourth-order valence-corrected chi connectivity index (χ4v) is 3.67. The third-order valence-corrected chi connectivity index (χ3v) is 5.25. The fourth-order valence-electron chi connectivity index (χ4n) is 3.67. The van der Waals surface area contributed by atoms with Crippen LogP contribution in [0.3, 0.4) is 0 Å². The number of furan rings is 1. The molecule has 0 aliphatic heterocycles. The Hall–Kier alpha value is -4.12. The van der Waals surface area contributed by atoms with E-state index in [9.17, 15) is 9.59 Å². The van der Waals surface area contributed by atoms with Gasteiger partial charge in [0.25, 0.3) is 11.8 Å². The molecule has 0 saturated heterocycles. The van der Waals surface area contributed by atoms with Crippen molar-refractivity contribution in [2.24, 2.45) is 0 Å². The Labute approximate surface area is 187 Å². The van der Waals surface area contributed by atoms with Gasteiger partial charge in [-0.1, -0.05) is 66.7 Å². The summed E-state index contributed by atoms with van der Waals surface area (Å²) < 4.78 is 5.10. The van der Waals surface area contributed by atoms with Crippen LogP contribution in [0.1, 0.15) is 44.4 Å². The second kappa shape index (κ2) is 10.3. The van der Waals surface area contributed by atoms with Crippen molar-refractivity contribution < 1.29 is 14.0 Å². The lowest BCUT2D eigenvalue weighted by molar-refractivity contribution is 0.0950. The summed E-state index contributed by atoms with van der Waals surface area (Å²) >= 11 is 0. The van der Waals surface area contributed by atoms with Crippen LogP contribution in [-0.4, -0.2) is 18.4 Å².